The summed E-state index contributed by atoms with van der Waals surface area (Å²) in [6.07, 6.45) is 0.525. The molecule has 0 saturated carbocycles. The molecule has 0 aliphatic carbocycles. The lowest BCUT2D eigenvalue weighted by Gasteiger charge is -2.11. The van der Waals surface area contributed by atoms with Crippen molar-refractivity contribution in [2.45, 2.75) is 12.8 Å². The lowest BCUT2D eigenvalue weighted by atomic mass is 10.1. The molecule has 0 fully saturated rings. The number of methoxy groups -OCH3 is 1. The number of nitrogens with one attached hydrogen (secondary N) is 2. The zero-order valence-corrected chi connectivity index (χ0v) is 13.5. The maximum atomic E-state index is 11.7. The van der Waals surface area contributed by atoms with Gasteiger partial charge < -0.3 is 20.3 Å². The van der Waals surface area contributed by atoms with E-state index in [-0.39, 0.29) is 18.2 Å². The van der Waals surface area contributed by atoms with Crippen LogP contribution in [0.15, 0.2) is 24.3 Å². The van der Waals surface area contributed by atoms with Gasteiger partial charge in [-0.15, -0.1) is 0 Å². The lowest BCUT2D eigenvalue weighted by molar-refractivity contribution is -0.129. The fraction of sp³-hybridized carbons (Fsp3) is 0.500. The van der Waals surface area contributed by atoms with Crippen molar-refractivity contribution in [3.05, 3.63) is 29.8 Å². The number of benzene rings is 1. The number of likely N-dealkylation sites (N-methyl/N-ethyl adjacent to an activating group) is 1. The Kier molecular flexibility index (Phi) is 7.99. The molecule has 0 aliphatic rings. The zero-order valence-electron chi connectivity index (χ0n) is 13.5. The molecule has 0 aromatic heterocycles. The van der Waals surface area contributed by atoms with Crippen LogP contribution in [0.2, 0.25) is 0 Å². The van der Waals surface area contributed by atoms with Gasteiger partial charge in [0.25, 0.3) is 0 Å². The Labute approximate surface area is 131 Å². The van der Waals surface area contributed by atoms with Crippen LogP contribution < -0.4 is 15.4 Å². The minimum absolute atomic E-state index is 0.140. The van der Waals surface area contributed by atoms with Crippen molar-refractivity contribution < 1.29 is 14.3 Å². The van der Waals surface area contributed by atoms with Gasteiger partial charge in [0.2, 0.25) is 11.8 Å². The highest BCUT2D eigenvalue weighted by molar-refractivity contribution is 5.96. The molecule has 1 aromatic carbocycles. The standard InChI is InChI=1S/C16H25N3O3/c1-19(2)11-10-18-16(21)12-15(20)17-9-8-13-6-4-5-7-14(13)22-3/h4-7H,8-12H2,1-3H3,(H,17,20)(H,18,21). The molecule has 1 rings (SSSR count). The van der Waals surface area contributed by atoms with E-state index in [9.17, 15) is 9.59 Å². The summed E-state index contributed by atoms with van der Waals surface area (Å²) in [6, 6.07) is 7.67. The van der Waals surface area contributed by atoms with E-state index in [1.165, 1.54) is 0 Å². The number of amides is 2. The summed E-state index contributed by atoms with van der Waals surface area (Å²) in [5.41, 5.74) is 1.03. The first-order valence-electron chi connectivity index (χ1n) is 7.33. The van der Waals surface area contributed by atoms with E-state index in [4.69, 9.17) is 4.74 Å². The molecular formula is C16H25N3O3. The predicted molar refractivity (Wildman–Crippen MR) is 85.9 cm³/mol. The van der Waals surface area contributed by atoms with Gasteiger partial charge >= 0.3 is 0 Å². The minimum atomic E-state index is -0.266. The third-order valence-corrected chi connectivity index (χ3v) is 3.11. The molecule has 0 bridgehead atoms. The summed E-state index contributed by atoms with van der Waals surface area (Å²) in [4.78, 5) is 25.2. The smallest absolute Gasteiger partial charge is 0.229 e. The van der Waals surface area contributed by atoms with Gasteiger partial charge in [-0.25, -0.2) is 0 Å². The Morgan fingerprint density at radius 2 is 1.73 bits per heavy atom. The summed E-state index contributed by atoms with van der Waals surface area (Å²) in [5.74, 6) is 0.284. The molecule has 0 radical (unpaired) electrons. The van der Waals surface area contributed by atoms with Crippen LogP contribution in [-0.4, -0.2) is 57.6 Å². The highest BCUT2D eigenvalue weighted by Crippen LogP contribution is 2.17. The van der Waals surface area contributed by atoms with Gasteiger partial charge in [0.05, 0.1) is 7.11 Å². The van der Waals surface area contributed by atoms with E-state index in [0.717, 1.165) is 17.9 Å². The van der Waals surface area contributed by atoms with Crippen molar-refractivity contribution in [1.82, 2.24) is 15.5 Å². The van der Waals surface area contributed by atoms with Crippen LogP contribution in [0.5, 0.6) is 5.75 Å². The predicted octanol–water partition coefficient (Wildman–Crippen LogP) is 0.422. The van der Waals surface area contributed by atoms with Crippen LogP contribution in [0.1, 0.15) is 12.0 Å². The SMILES string of the molecule is COc1ccccc1CCNC(=O)CC(=O)NCCN(C)C. The molecule has 0 heterocycles. The van der Waals surface area contributed by atoms with Gasteiger partial charge in [0.15, 0.2) is 0 Å². The Morgan fingerprint density at radius 3 is 2.36 bits per heavy atom. The molecule has 0 unspecified atom stereocenters. The third kappa shape index (κ3) is 7.08. The van der Waals surface area contributed by atoms with Gasteiger partial charge in [0.1, 0.15) is 12.2 Å². The van der Waals surface area contributed by atoms with E-state index in [0.29, 0.717) is 19.5 Å². The molecule has 0 atom stereocenters. The van der Waals surface area contributed by atoms with Crippen LogP contribution in [0.4, 0.5) is 0 Å². The van der Waals surface area contributed by atoms with Crippen molar-refractivity contribution in [1.29, 1.82) is 0 Å². The zero-order chi connectivity index (χ0) is 16.4. The third-order valence-electron chi connectivity index (χ3n) is 3.11. The van der Waals surface area contributed by atoms with Crippen LogP contribution in [0.25, 0.3) is 0 Å². The average molecular weight is 307 g/mol. The molecular weight excluding hydrogens is 282 g/mol. The average Bonchev–Trinajstić information content (AvgIpc) is 2.47. The molecule has 0 saturated heterocycles. The molecule has 6 heteroatoms. The van der Waals surface area contributed by atoms with Crippen LogP contribution in [-0.2, 0) is 16.0 Å². The number of para-hydroxylation sites is 1. The van der Waals surface area contributed by atoms with E-state index in [1.54, 1.807) is 7.11 Å². The van der Waals surface area contributed by atoms with Crippen molar-refractivity contribution in [3.63, 3.8) is 0 Å². The molecule has 2 N–H and O–H groups in total. The fourth-order valence-corrected chi connectivity index (χ4v) is 1.94. The summed E-state index contributed by atoms with van der Waals surface area (Å²) in [5, 5.41) is 5.46. The largest absolute Gasteiger partial charge is 0.496 e. The molecule has 22 heavy (non-hydrogen) atoms. The number of nitrogens with zero attached hydrogens (tertiary/aromatic N) is 1. The van der Waals surface area contributed by atoms with E-state index in [1.807, 2.05) is 43.3 Å². The van der Waals surface area contributed by atoms with Gasteiger partial charge in [-0.2, -0.15) is 0 Å². The summed E-state index contributed by atoms with van der Waals surface area (Å²) >= 11 is 0. The van der Waals surface area contributed by atoms with Crippen LogP contribution in [0, 0.1) is 0 Å². The molecule has 1 aromatic rings. The van der Waals surface area contributed by atoms with Gasteiger partial charge in [-0.1, -0.05) is 18.2 Å². The van der Waals surface area contributed by atoms with E-state index >= 15 is 0 Å². The Balaban J connectivity index is 2.24. The van der Waals surface area contributed by atoms with Crippen LogP contribution >= 0.6 is 0 Å². The number of carbonyl (C=O) groups is 2. The monoisotopic (exact) mass is 307 g/mol. The number of hydrogen-bond donors (Lipinski definition) is 2. The van der Waals surface area contributed by atoms with Crippen molar-refractivity contribution in [3.8, 4) is 5.75 Å². The molecule has 0 spiro atoms. The normalized spacial score (nSPS) is 10.4. The summed E-state index contributed by atoms with van der Waals surface area (Å²) in [6.45, 7) is 1.77. The van der Waals surface area contributed by atoms with Gasteiger partial charge in [-0.05, 0) is 32.1 Å². The van der Waals surface area contributed by atoms with Crippen LogP contribution in [0.3, 0.4) is 0 Å². The van der Waals surface area contributed by atoms with Crippen molar-refractivity contribution >= 4 is 11.8 Å². The van der Waals surface area contributed by atoms with E-state index < -0.39 is 0 Å². The Hall–Kier alpha value is -2.08. The van der Waals surface area contributed by atoms with Gasteiger partial charge in [0, 0.05) is 19.6 Å². The Morgan fingerprint density at radius 1 is 1.09 bits per heavy atom. The maximum Gasteiger partial charge on any atom is 0.229 e. The number of rotatable bonds is 9. The summed E-state index contributed by atoms with van der Waals surface area (Å²) < 4.78 is 5.25. The molecule has 2 amide bonds. The topological polar surface area (TPSA) is 70.7 Å². The van der Waals surface area contributed by atoms with Crippen molar-refractivity contribution in [2.24, 2.45) is 0 Å². The maximum absolute atomic E-state index is 11.7. The Bertz CT molecular complexity index is 489. The quantitative estimate of drug-likeness (QED) is 0.649. The summed E-state index contributed by atoms with van der Waals surface area (Å²) in [7, 11) is 5.48. The second kappa shape index (κ2) is 9.78. The first-order chi connectivity index (χ1) is 10.5. The number of ether oxygens (including phenoxy) is 1. The van der Waals surface area contributed by atoms with Crippen molar-refractivity contribution in [2.75, 3.05) is 40.8 Å². The fourth-order valence-electron chi connectivity index (χ4n) is 1.94. The second-order valence-electron chi connectivity index (χ2n) is 5.24. The van der Waals surface area contributed by atoms with E-state index in [2.05, 4.69) is 10.6 Å². The lowest BCUT2D eigenvalue weighted by Crippen LogP contribution is -2.35. The first-order valence-corrected chi connectivity index (χ1v) is 7.33. The van der Waals surface area contributed by atoms with Gasteiger partial charge in [-0.3, -0.25) is 9.59 Å². The second-order valence-corrected chi connectivity index (χ2v) is 5.24. The molecule has 0 aliphatic heterocycles. The number of hydrogen-bond acceptors (Lipinski definition) is 4. The number of carbonyl (C=O) groups excluding carboxylic acids is 2. The molecule has 6 nitrogen and oxygen atoms in total. The minimum Gasteiger partial charge on any atom is -0.496 e. The first kappa shape index (κ1) is 18.0. The highest BCUT2D eigenvalue weighted by atomic mass is 16.5. The molecule has 122 valence electrons. The highest BCUT2D eigenvalue weighted by Gasteiger charge is 2.09.